The summed E-state index contributed by atoms with van der Waals surface area (Å²) in [5, 5.41) is 0. The highest BCUT2D eigenvalue weighted by molar-refractivity contribution is 14.1. The molecule has 0 aliphatic heterocycles. The average Bonchev–Trinajstić information content (AvgIpc) is 1.84. The Bertz CT molecular complexity index is 135. The molecule has 1 rings (SSSR count). The van der Waals surface area contributed by atoms with E-state index in [-0.39, 0.29) is 0 Å². The number of hydrogen-bond donors (Lipinski definition) is 0. The van der Waals surface area contributed by atoms with Crippen LogP contribution in [0.4, 0.5) is 8.78 Å². The highest BCUT2D eigenvalue weighted by atomic mass is 127. The topological polar surface area (TPSA) is 0 Å². The molecule has 1 saturated carbocycles. The van der Waals surface area contributed by atoms with Crippen molar-refractivity contribution in [3.63, 3.8) is 0 Å². The molecule has 0 aromatic heterocycles. The van der Waals surface area contributed by atoms with Crippen molar-refractivity contribution in [2.45, 2.75) is 33.5 Å². The van der Waals surface area contributed by atoms with Gasteiger partial charge in [0.25, 0.3) is 5.92 Å². The Balaban J connectivity index is 2.67. The molecule has 0 radical (unpaired) electrons. The Hall–Kier alpha value is 1.32. The van der Waals surface area contributed by atoms with Gasteiger partial charge in [0.15, 0.2) is 0 Å². The summed E-state index contributed by atoms with van der Waals surface area (Å²) in [6.07, 6.45) is 1.32. The van der Waals surface area contributed by atoms with E-state index >= 15 is 0 Å². The minimum absolute atomic E-state index is 0.457. The summed E-state index contributed by atoms with van der Waals surface area (Å²) in [5.74, 6) is -1.99. The van der Waals surface area contributed by atoms with Gasteiger partial charge in [-0.25, -0.2) is 8.78 Å². The lowest BCUT2D eigenvalue weighted by Crippen LogP contribution is -2.43. The van der Waals surface area contributed by atoms with Crippen molar-refractivity contribution in [2.75, 3.05) is 0 Å². The number of halogens is 4. The Morgan fingerprint density at radius 3 is 1.91 bits per heavy atom. The van der Waals surface area contributed by atoms with Gasteiger partial charge in [-0.1, -0.05) is 52.1 Å². The second kappa shape index (κ2) is 3.59. The van der Waals surface area contributed by atoms with E-state index in [1.807, 2.05) is 52.1 Å². The third kappa shape index (κ3) is 2.16. The molecule has 2 atom stereocenters. The van der Waals surface area contributed by atoms with E-state index in [1.54, 1.807) is 0 Å². The lowest BCUT2D eigenvalue weighted by atomic mass is 9.88. The summed E-state index contributed by atoms with van der Waals surface area (Å²) in [6, 6.07) is 0. The molecule has 11 heavy (non-hydrogen) atoms. The van der Waals surface area contributed by atoms with Crippen molar-refractivity contribution in [1.82, 2.24) is 0 Å². The molecule has 2 unspecified atom stereocenters. The molecule has 1 aliphatic rings. The van der Waals surface area contributed by atoms with Gasteiger partial charge in [-0.05, 0) is 18.8 Å². The van der Waals surface area contributed by atoms with Crippen molar-refractivity contribution in [3.05, 3.63) is 0 Å². The zero-order chi connectivity index (χ0) is 8.65. The molecule has 66 valence electrons. The molecule has 0 spiro atoms. The molecule has 0 amide bonds. The van der Waals surface area contributed by atoms with E-state index in [1.165, 1.54) is 0 Å². The first kappa shape index (κ1) is 10.4. The molecule has 1 fully saturated rings. The number of rotatable bonds is 0. The van der Waals surface area contributed by atoms with Gasteiger partial charge < -0.3 is 0 Å². The van der Waals surface area contributed by atoms with Crippen molar-refractivity contribution in [2.24, 2.45) is 5.92 Å². The standard InChI is InChI=1S/C7H10F2I2/c1-4-2-5(10)7(8,9)6(11)3-4/h4-6H,2-3H2,1H3. The Morgan fingerprint density at radius 1 is 1.18 bits per heavy atom. The molecule has 0 heterocycles. The SMILES string of the molecule is CC1CC(I)C(F)(F)C(I)C1. The first-order valence-electron chi connectivity index (χ1n) is 3.60. The van der Waals surface area contributed by atoms with Crippen LogP contribution in [0.5, 0.6) is 0 Å². The molecule has 0 N–H and O–H groups in total. The van der Waals surface area contributed by atoms with Crippen molar-refractivity contribution < 1.29 is 8.78 Å². The second-order valence-electron chi connectivity index (χ2n) is 3.19. The fraction of sp³-hybridized carbons (Fsp3) is 1.00. The van der Waals surface area contributed by atoms with E-state index in [0.29, 0.717) is 18.8 Å². The van der Waals surface area contributed by atoms with E-state index < -0.39 is 13.8 Å². The average molecular weight is 386 g/mol. The molecule has 0 nitrogen and oxygen atoms in total. The molecule has 0 bridgehead atoms. The highest BCUT2D eigenvalue weighted by Gasteiger charge is 2.48. The van der Waals surface area contributed by atoms with Gasteiger partial charge >= 0.3 is 0 Å². The molecular weight excluding hydrogens is 376 g/mol. The normalized spacial score (nSPS) is 43.9. The third-order valence-corrected chi connectivity index (χ3v) is 4.73. The van der Waals surface area contributed by atoms with E-state index in [9.17, 15) is 8.78 Å². The zero-order valence-electron chi connectivity index (χ0n) is 6.16. The van der Waals surface area contributed by atoms with Crippen LogP contribution < -0.4 is 0 Å². The first-order valence-corrected chi connectivity index (χ1v) is 6.09. The molecule has 0 saturated heterocycles. The van der Waals surface area contributed by atoms with E-state index in [0.717, 1.165) is 0 Å². The molecule has 4 heteroatoms. The number of alkyl halides is 4. The van der Waals surface area contributed by atoms with Gasteiger partial charge in [-0.3, -0.25) is 0 Å². The maximum Gasteiger partial charge on any atom is 0.271 e. The predicted octanol–water partition coefficient (Wildman–Crippen LogP) is 3.66. The minimum atomic E-state index is -2.45. The molecule has 0 aromatic rings. The molecule has 1 aliphatic carbocycles. The van der Waals surface area contributed by atoms with Crippen LogP contribution in [0.2, 0.25) is 0 Å². The summed E-state index contributed by atoms with van der Waals surface area (Å²) in [5.41, 5.74) is 0. The molecular formula is C7H10F2I2. The quantitative estimate of drug-likeness (QED) is 0.441. The first-order chi connectivity index (χ1) is 4.94. The van der Waals surface area contributed by atoms with Crippen molar-refractivity contribution in [1.29, 1.82) is 0 Å². The smallest absolute Gasteiger partial charge is 0.204 e. The van der Waals surface area contributed by atoms with Gasteiger partial charge in [0.05, 0.1) is 7.85 Å². The van der Waals surface area contributed by atoms with Gasteiger partial charge in [0, 0.05) is 0 Å². The van der Waals surface area contributed by atoms with E-state index in [2.05, 4.69) is 0 Å². The fourth-order valence-corrected chi connectivity index (χ4v) is 4.61. The van der Waals surface area contributed by atoms with Crippen LogP contribution in [0.25, 0.3) is 0 Å². The van der Waals surface area contributed by atoms with Gasteiger partial charge in [0.2, 0.25) is 0 Å². The Labute approximate surface area is 92.8 Å². The summed E-state index contributed by atoms with van der Waals surface area (Å²) in [6.45, 7) is 2.05. The summed E-state index contributed by atoms with van der Waals surface area (Å²) >= 11 is 3.75. The van der Waals surface area contributed by atoms with Crippen LogP contribution >= 0.6 is 45.2 Å². The van der Waals surface area contributed by atoms with Gasteiger partial charge in [-0.15, -0.1) is 0 Å². The largest absolute Gasteiger partial charge is 0.271 e. The van der Waals surface area contributed by atoms with Crippen LogP contribution in [-0.4, -0.2) is 13.8 Å². The predicted molar refractivity (Wildman–Crippen MR) is 59.0 cm³/mol. The minimum Gasteiger partial charge on any atom is -0.204 e. The lowest BCUT2D eigenvalue weighted by Gasteiger charge is -2.35. The van der Waals surface area contributed by atoms with Crippen LogP contribution in [0, 0.1) is 5.92 Å². The Morgan fingerprint density at radius 2 is 1.55 bits per heavy atom. The second-order valence-corrected chi connectivity index (χ2v) is 6.19. The third-order valence-electron chi connectivity index (χ3n) is 2.05. The summed E-state index contributed by atoms with van der Waals surface area (Å²) in [7, 11) is 0. The van der Waals surface area contributed by atoms with Crippen LogP contribution in [0.1, 0.15) is 19.8 Å². The van der Waals surface area contributed by atoms with Crippen LogP contribution in [0.3, 0.4) is 0 Å². The van der Waals surface area contributed by atoms with Crippen molar-refractivity contribution in [3.8, 4) is 0 Å². The maximum absolute atomic E-state index is 13.1. The Kier molecular flexibility index (Phi) is 3.40. The number of hydrogen-bond acceptors (Lipinski definition) is 0. The monoisotopic (exact) mass is 386 g/mol. The van der Waals surface area contributed by atoms with Crippen LogP contribution in [0.15, 0.2) is 0 Å². The van der Waals surface area contributed by atoms with E-state index in [4.69, 9.17) is 0 Å². The summed E-state index contributed by atoms with van der Waals surface area (Å²) in [4.78, 5) is 0. The van der Waals surface area contributed by atoms with Gasteiger partial charge in [-0.2, -0.15) is 0 Å². The van der Waals surface area contributed by atoms with Crippen LogP contribution in [-0.2, 0) is 0 Å². The zero-order valence-corrected chi connectivity index (χ0v) is 10.5. The molecule has 0 aromatic carbocycles. The van der Waals surface area contributed by atoms with Gasteiger partial charge in [0.1, 0.15) is 0 Å². The summed E-state index contributed by atoms with van der Waals surface area (Å²) < 4.78 is 25.4. The fourth-order valence-electron chi connectivity index (χ4n) is 1.31. The lowest BCUT2D eigenvalue weighted by molar-refractivity contribution is -0.0200. The maximum atomic E-state index is 13.1. The highest BCUT2D eigenvalue weighted by Crippen LogP contribution is 2.44. The van der Waals surface area contributed by atoms with Crippen molar-refractivity contribution >= 4 is 45.2 Å².